The summed E-state index contributed by atoms with van der Waals surface area (Å²) < 4.78 is 1.70. The van der Waals surface area contributed by atoms with Crippen molar-refractivity contribution < 1.29 is 9.59 Å². The maximum Gasteiger partial charge on any atom is 0.271 e. The molecule has 2 N–H and O–H groups in total. The van der Waals surface area contributed by atoms with Crippen LogP contribution in [0.5, 0.6) is 0 Å². The maximum absolute atomic E-state index is 12.4. The molecule has 2 amide bonds. The van der Waals surface area contributed by atoms with E-state index in [2.05, 4.69) is 20.6 Å². The molecule has 0 spiro atoms. The Balaban J connectivity index is 1.59. The third kappa shape index (κ3) is 4.86. The van der Waals surface area contributed by atoms with Crippen LogP contribution in [-0.2, 0) is 17.9 Å². The fraction of sp³-hybridized carbons (Fsp3) is 0.300. The molecule has 3 aromatic heterocycles. The number of hydrogen-bond acceptors (Lipinski definition) is 4. The molecule has 146 valence electrons. The normalized spacial score (nSPS) is 12.0. The number of nitrogens with zero attached hydrogens (tertiary/aromatic N) is 3. The quantitative estimate of drug-likeness (QED) is 0.639. The standard InChI is InChI=1S/C20H22ClN5O2/c1-3-13(2)19(27)23-9-14-6-7-22-16(8-14)10-24-20(28)17-12-26-11-15(21)4-5-18(26)25-17/h4-8,11-13H,3,9-10H2,1-2H3,(H,23,27)(H,24,28). The van der Waals surface area contributed by atoms with Gasteiger partial charge in [0.15, 0.2) is 0 Å². The van der Waals surface area contributed by atoms with E-state index in [0.29, 0.717) is 28.6 Å². The number of aromatic nitrogens is 3. The van der Waals surface area contributed by atoms with E-state index in [9.17, 15) is 9.59 Å². The zero-order chi connectivity index (χ0) is 20.1. The molecule has 0 bridgehead atoms. The largest absolute Gasteiger partial charge is 0.352 e. The number of fused-ring (bicyclic) bond motifs is 1. The van der Waals surface area contributed by atoms with Crippen LogP contribution >= 0.6 is 11.6 Å². The average molecular weight is 400 g/mol. The number of rotatable bonds is 7. The fourth-order valence-corrected chi connectivity index (χ4v) is 2.79. The van der Waals surface area contributed by atoms with Gasteiger partial charge in [-0.3, -0.25) is 14.6 Å². The van der Waals surface area contributed by atoms with Gasteiger partial charge in [-0.1, -0.05) is 25.4 Å². The summed E-state index contributed by atoms with van der Waals surface area (Å²) >= 11 is 5.95. The first-order chi connectivity index (χ1) is 13.5. The van der Waals surface area contributed by atoms with Crippen LogP contribution in [0.2, 0.25) is 5.02 Å². The first-order valence-corrected chi connectivity index (χ1v) is 9.48. The number of carbonyl (C=O) groups excluding carboxylic acids is 2. The van der Waals surface area contributed by atoms with Crippen LogP contribution in [0.15, 0.2) is 42.9 Å². The summed E-state index contributed by atoms with van der Waals surface area (Å²) in [6, 6.07) is 7.17. The van der Waals surface area contributed by atoms with Crippen LogP contribution in [0, 0.1) is 5.92 Å². The number of carbonyl (C=O) groups is 2. The number of hydrogen-bond donors (Lipinski definition) is 2. The Morgan fingerprint density at radius 3 is 2.79 bits per heavy atom. The molecule has 0 radical (unpaired) electrons. The molecule has 0 aromatic carbocycles. The molecule has 0 fully saturated rings. The van der Waals surface area contributed by atoms with Gasteiger partial charge in [-0.05, 0) is 36.2 Å². The van der Waals surface area contributed by atoms with Gasteiger partial charge in [0.2, 0.25) is 5.91 Å². The maximum atomic E-state index is 12.4. The first-order valence-electron chi connectivity index (χ1n) is 9.10. The number of halogens is 1. The summed E-state index contributed by atoms with van der Waals surface area (Å²) in [5.74, 6) is -0.279. The minimum Gasteiger partial charge on any atom is -0.352 e. The summed E-state index contributed by atoms with van der Waals surface area (Å²) in [6.07, 6.45) is 5.79. The molecule has 0 aliphatic rings. The van der Waals surface area contributed by atoms with E-state index in [0.717, 1.165) is 12.0 Å². The predicted octanol–water partition coefficient (Wildman–Crippen LogP) is 2.98. The van der Waals surface area contributed by atoms with E-state index in [-0.39, 0.29) is 24.3 Å². The number of imidazole rings is 1. The molecule has 3 heterocycles. The Hall–Kier alpha value is -2.93. The molecule has 28 heavy (non-hydrogen) atoms. The van der Waals surface area contributed by atoms with Gasteiger partial charge >= 0.3 is 0 Å². The van der Waals surface area contributed by atoms with E-state index in [4.69, 9.17) is 11.6 Å². The third-order valence-electron chi connectivity index (χ3n) is 4.49. The zero-order valence-corrected chi connectivity index (χ0v) is 16.5. The van der Waals surface area contributed by atoms with Gasteiger partial charge < -0.3 is 15.0 Å². The summed E-state index contributed by atoms with van der Waals surface area (Å²) in [5, 5.41) is 6.29. The highest BCUT2D eigenvalue weighted by Gasteiger charge is 2.12. The molecular formula is C20H22ClN5O2. The van der Waals surface area contributed by atoms with Gasteiger partial charge in [-0.2, -0.15) is 0 Å². The molecule has 8 heteroatoms. The monoisotopic (exact) mass is 399 g/mol. The SMILES string of the molecule is CCC(C)C(=O)NCc1ccnc(CNC(=O)c2cn3cc(Cl)ccc3n2)c1. The smallest absolute Gasteiger partial charge is 0.271 e. The lowest BCUT2D eigenvalue weighted by atomic mass is 10.1. The topological polar surface area (TPSA) is 88.4 Å². The summed E-state index contributed by atoms with van der Waals surface area (Å²) in [5.41, 5.74) is 2.58. The minimum absolute atomic E-state index is 0.0130. The van der Waals surface area contributed by atoms with Crippen molar-refractivity contribution >= 4 is 29.1 Å². The van der Waals surface area contributed by atoms with Crippen molar-refractivity contribution in [1.82, 2.24) is 25.0 Å². The summed E-state index contributed by atoms with van der Waals surface area (Å²) in [7, 11) is 0. The van der Waals surface area contributed by atoms with Crippen LogP contribution in [0.25, 0.3) is 5.65 Å². The van der Waals surface area contributed by atoms with E-state index < -0.39 is 0 Å². The lowest BCUT2D eigenvalue weighted by Gasteiger charge is -2.10. The average Bonchev–Trinajstić information content (AvgIpc) is 3.13. The second-order valence-corrected chi connectivity index (χ2v) is 7.04. The molecular weight excluding hydrogens is 378 g/mol. The van der Waals surface area contributed by atoms with Gasteiger partial charge in [0, 0.05) is 31.1 Å². The second-order valence-electron chi connectivity index (χ2n) is 6.60. The molecule has 0 aliphatic carbocycles. The van der Waals surface area contributed by atoms with Crippen LogP contribution in [0.1, 0.15) is 42.0 Å². The molecule has 0 aliphatic heterocycles. The van der Waals surface area contributed by atoms with Crippen molar-refractivity contribution in [2.75, 3.05) is 0 Å². The Kier molecular flexibility index (Phi) is 6.26. The van der Waals surface area contributed by atoms with Gasteiger partial charge in [0.25, 0.3) is 5.91 Å². The van der Waals surface area contributed by atoms with Crippen molar-refractivity contribution in [3.63, 3.8) is 0 Å². The molecule has 1 unspecified atom stereocenters. The highest BCUT2D eigenvalue weighted by molar-refractivity contribution is 6.30. The minimum atomic E-state index is -0.294. The van der Waals surface area contributed by atoms with Gasteiger partial charge in [-0.25, -0.2) is 4.98 Å². The van der Waals surface area contributed by atoms with Gasteiger partial charge in [0.05, 0.1) is 17.3 Å². The molecule has 0 saturated heterocycles. The van der Waals surface area contributed by atoms with E-state index in [1.165, 1.54) is 0 Å². The Morgan fingerprint density at radius 1 is 1.18 bits per heavy atom. The second kappa shape index (κ2) is 8.84. The lowest BCUT2D eigenvalue weighted by Crippen LogP contribution is -2.28. The highest BCUT2D eigenvalue weighted by atomic mass is 35.5. The lowest BCUT2D eigenvalue weighted by molar-refractivity contribution is -0.124. The molecule has 1 atom stereocenters. The molecule has 7 nitrogen and oxygen atoms in total. The van der Waals surface area contributed by atoms with Gasteiger partial charge in [-0.15, -0.1) is 0 Å². The Labute approximate surface area is 168 Å². The van der Waals surface area contributed by atoms with Gasteiger partial charge in [0.1, 0.15) is 11.3 Å². The van der Waals surface area contributed by atoms with Crippen LogP contribution < -0.4 is 10.6 Å². The van der Waals surface area contributed by atoms with Crippen molar-refractivity contribution in [2.45, 2.75) is 33.4 Å². The van der Waals surface area contributed by atoms with Crippen molar-refractivity contribution in [3.8, 4) is 0 Å². The molecule has 3 rings (SSSR count). The Bertz CT molecular complexity index is 1000. The van der Waals surface area contributed by atoms with E-state index in [1.54, 1.807) is 35.1 Å². The van der Waals surface area contributed by atoms with Crippen molar-refractivity contribution in [3.05, 3.63) is 64.8 Å². The summed E-state index contributed by atoms with van der Waals surface area (Å²) in [4.78, 5) is 32.8. The van der Waals surface area contributed by atoms with E-state index >= 15 is 0 Å². The Morgan fingerprint density at radius 2 is 2.00 bits per heavy atom. The third-order valence-corrected chi connectivity index (χ3v) is 4.71. The molecule has 0 saturated carbocycles. The number of amides is 2. The van der Waals surface area contributed by atoms with Crippen molar-refractivity contribution in [2.24, 2.45) is 5.92 Å². The fourth-order valence-electron chi connectivity index (χ4n) is 2.62. The van der Waals surface area contributed by atoms with Crippen LogP contribution in [0.4, 0.5) is 0 Å². The molecule has 3 aromatic rings. The predicted molar refractivity (Wildman–Crippen MR) is 107 cm³/mol. The summed E-state index contributed by atoms with van der Waals surface area (Å²) in [6.45, 7) is 4.58. The zero-order valence-electron chi connectivity index (χ0n) is 15.8. The van der Waals surface area contributed by atoms with Crippen LogP contribution in [0.3, 0.4) is 0 Å². The first kappa shape index (κ1) is 19.8. The van der Waals surface area contributed by atoms with E-state index in [1.807, 2.05) is 26.0 Å². The number of pyridine rings is 2. The highest BCUT2D eigenvalue weighted by Crippen LogP contribution is 2.12. The van der Waals surface area contributed by atoms with Crippen LogP contribution in [-0.4, -0.2) is 26.2 Å². The van der Waals surface area contributed by atoms with Crippen molar-refractivity contribution in [1.29, 1.82) is 0 Å². The number of nitrogens with one attached hydrogen (secondary N) is 2.